The zero-order valence-corrected chi connectivity index (χ0v) is 9.70. The summed E-state index contributed by atoms with van der Waals surface area (Å²) < 4.78 is 23.4. The molecule has 0 aliphatic rings. The summed E-state index contributed by atoms with van der Waals surface area (Å²) in [4.78, 5) is 14.3. The highest BCUT2D eigenvalue weighted by Crippen LogP contribution is 2.01. The third kappa shape index (κ3) is 7.01. The Morgan fingerprint density at radius 1 is 1.56 bits per heavy atom. The number of nitrogens with two attached hydrogens (primary N) is 2. The smallest absolute Gasteiger partial charge is 0.328 e. The second-order valence-electron chi connectivity index (χ2n) is 3.17. The fourth-order valence-corrected chi connectivity index (χ4v) is 1.37. The van der Waals surface area contributed by atoms with Gasteiger partial charge in [0.15, 0.2) is 6.04 Å². The molecule has 0 spiro atoms. The van der Waals surface area contributed by atoms with Crippen molar-refractivity contribution in [3.05, 3.63) is 0 Å². The van der Waals surface area contributed by atoms with Crippen molar-refractivity contribution in [3.8, 4) is 0 Å². The van der Waals surface area contributed by atoms with E-state index in [0.29, 0.717) is 13.0 Å². The van der Waals surface area contributed by atoms with Gasteiger partial charge in [-0.25, -0.2) is 18.2 Å². The SMILES string of the molecule is CS(=O)(=O)NC(N)=N[C@@H](CCCN)C(=O)O. The number of carboxylic acid groups (broad SMARTS) is 1. The maximum Gasteiger partial charge on any atom is 0.328 e. The number of guanidine groups is 1. The molecule has 0 aliphatic heterocycles. The number of aliphatic imine (C=N–C) groups is 1. The molecule has 0 radical (unpaired) electrons. The number of rotatable bonds is 6. The highest BCUT2D eigenvalue weighted by atomic mass is 32.2. The number of nitrogens with one attached hydrogen (secondary N) is 1. The third-order valence-corrected chi connectivity index (χ3v) is 2.13. The van der Waals surface area contributed by atoms with Crippen LogP contribution >= 0.6 is 0 Å². The van der Waals surface area contributed by atoms with Crippen LogP contribution in [0, 0.1) is 0 Å². The minimum Gasteiger partial charge on any atom is -0.480 e. The van der Waals surface area contributed by atoms with Crippen molar-refractivity contribution in [2.45, 2.75) is 18.9 Å². The van der Waals surface area contributed by atoms with Gasteiger partial charge >= 0.3 is 5.97 Å². The van der Waals surface area contributed by atoms with Crippen molar-refractivity contribution in [1.29, 1.82) is 0 Å². The van der Waals surface area contributed by atoms with Gasteiger partial charge in [-0.2, -0.15) is 0 Å². The molecule has 0 amide bonds. The maximum atomic E-state index is 10.8. The molecule has 0 saturated heterocycles. The largest absolute Gasteiger partial charge is 0.480 e. The van der Waals surface area contributed by atoms with E-state index < -0.39 is 28.0 Å². The van der Waals surface area contributed by atoms with Crippen molar-refractivity contribution in [2.75, 3.05) is 12.8 Å². The van der Waals surface area contributed by atoms with Crippen molar-refractivity contribution >= 4 is 22.0 Å². The van der Waals surface area contributed by atoms with Crippen molar-refractivity contribution in [2.24, 2.45) is 16.5 Å². The summed E-state index contributed by atoms with van der Waals surface area (Å²) in [5.74, 6) is -1.61. The molecular weight excluding hydrogens is 236 g/mol. The molecule has 1 atom stereocenters. The number of hydrogen-bond acceptors (Lipinski definition) is 5. The summed E-state index contributed by atoms with van der Waals surface area (Å²) in [6.07, 6.45) is 1.57. The van der Waals surface area contributed by atoms with E-state index in [0.717, 1.165) is 6.26 Å². The van der Waals surface area contributed by atoms with Gasteiger partial charge in [-0.1, -0.05) is 0 Å². The van der Waals surface area contributed by atoms with E-state index in [4.69, 9.17) is 16.6 Å². The zero-order valence-electron chi connectivity index (χ0n) is 8.88. The van der Waals surface area contributed by atoms with Crippen molar-refractivity contribution in [1.82, 2.24) is 4.72 Å². The first-order valence-electron chi connectivity index (χ1n) is 4.50. The third-order valence-electron chi connectivity index (χ3n) is 1.55. The molecular formula is C7H16N4O4S. The first-order chi connectivity index (χ1) is 7.26. The predicted molar refractivity (Wildman–Crippen MR) is 59.3 cm³/mol. The first kappa shape index (κ1) is 14.6. The second kappa shape index (κ2) is 6.28. The fraction of sp³-hybridized carbons (Fsp3) is 0.714. The fourth-order valence-electron chi connectivity index (χ4n) is 0.939. The average molecular weight is 252 g/mol. The summed E-state index contributed by atoms with van der Waals surface area (Å²) in [6, 6.07) is -1.09. The van der Waals surface area contributed by atoms with Crippen LogP contribution in [-0.2, 0) is 14.8 Å². The number of nitrogens with zero attached hydrogens (tertiary/aromatic N) is 1. The van der Waals surface area contributed by atoms with Crippen LogP contribution < -0.4 is 16.2 Å². The molecule has 0 bridgehead atoms. The minimum absolute atomic E-state index is 0.206. The van der Waals surface area contributed by atoms with E-state index in [1.807, 2.05) is 4.72 Å². The van der Waals surface area contributed by atoms with Gasteiger partial charge in [0, 0.05) is 0 Å². The highest BCUT2D eigenvalue weighted by molar-refractivity contribution is 7.89. The van der Waals surface area contributed by atoms with Gasteiger partial charge < -0.3 is 16.6 Å². The highest BCUT2D eigenvalue weighted by Gasteiger charge is 2.16. The lowest BCUT2D eigenvalue weighted by molar-refractivity contribution is -0.138. The number of carbonyl (C=O) groups is 1. The molecule has 0 saturated carbocycles. The summed E-state index contributed by atoms with van der Waals surface area (Å²) in [5.41, 5.74) is 10.5. The van der Waals surface area contributed by atoms with E-state index in [9.17, 15) is 13.2 Å². The lowest BCUT2D eigenvalue weighted by Gasteiger charge is -2.08. The number of aliphatic carboxylic acids is 1. The molecule has 0 rings (SSSR count). The first-order valence-corrected chi connectivity index (χ1v) is 6.39. The van der Waals surface area contributed by atoms with Gasteiger partial charge in [0.2, 0.25) is 16.0 Å². The van der Waals surface area contributed by atoms with Crippen LogP contribution in [-0.4, -0.2) is 44.3 Å². The van der Waals surface area contributed by atoms with Crippen LogP contribution in [0.2, 0.25) is 0 Å². The molecule has 0 unspecified atom stereocenters. The second-order valence-corrected chi connectivity index (χ2v) is 4.92. The molecule has 0 aromatic heterocycles. The summed E-state index contributed by atoms with van der Waals surface area (Å²) in [5, 5.41) is 8.77. The lowest BCUT2D eigenvalue weighted by Crippen LogP contribution is -2.38. The normalized spacial score (nSPS) is 14.5. The maximum absolute atomic E-state index is 10.8. The Labute approximate surface area is 93.8 Å². The molecule has 0 heterocycles. The lowest BCUT2D eigenvalue weighted by atomic mass is 10.2. The van der Waals surface area contributed by atoms with Gasteiger partial charge in [0.25, 0.3) is 0 Å². The molecule has 8 nitrogen and oxygen atoms in total. The Bertz CT molecular complexity index is 365. The summed E-state index contributed by atoms with van der Waals surface area (Å²) >= 11 is 0. The number of sulfonamides is 1. The Morgan fingerprint density at radius 3 is 2.50 bits per heavy atom. The average Bonchev–Trinajstić information content (AvgIpc) is 2.08. The molecule has 94 valence electrons. The van der Waals surface area contributed by atoms with E-state index in [1.165, 1.54) is 0 Å². The standard InChI is InChI=1S/C7H16N4O4S/c1-16(14,15)11-7(9)10-5(6(12)13)3-2-4-8/h5H,2-4,8H2,1H3,(H,12,13)(H3,9,10,11)/t5-/m0/s1. The van der Waals surface area contributed by atoms with Crippen LogP contribution in [0.25, 0.3) is 0 Å². The van der Waals surface area contributed by atoms with E-state index >= 15 is 0 Å². The molecule has 6 N–H and O–H groups in total. The summed E-state index contributed by atoms with van der Waals surface area (Å²) in [6.45, 7) is 0.332. The van der Waals surface area contributed by atoms with E-state index in [2.05, 4.69) is 4.99 Å². The molecule has 0 aromatic rings. The topological polar surface area (TPSA) is 148 Å². The molecule has 0 aromatic carbocycles. The van der Waals surface area contributed by atoms with E-state index in [-0.39, 0.29) is 6.42 Å². The molecule has 0 aliphatic carbocycles. The van der Waals surface area contributed by atoms with Crippen LogP contribution in [0.1, 0.15) is 12.8 Å². The Kier molecular flexibility index (Phi) is 5.75. The van der Waals surface area contributed by atoms with Crippen LogP contribution in [0.3, 0.4) is 0 Å². The monoisotopic (exact) mass is 252 g/mol. The summed E-state index contributed by atoms with van der Waals surface area (Å²) in [7, 11) is -3.54. The van der Waals surface area contributed by atoms with Crippen molar-refractivity contribution in [3.63, 3.8) is 0 Å². The van der Waals surface area contributed by atoms with Crippen LogP contribution in [0.5, 0.6) is 0 Å². The van der Waals surface area contributed by atoms with Gasteiger partial charge in [0.1, 0.15) is 0 Å². The Balaban J connectivity index is 4.58. The van der Waals surface area contributed by atoms with Gasteiger partial charge in [0.05, 0.1) is 6.26 Å². The number of hydrogen-bond donors (Lipinski definition) is 4. The number of carboxylic acids is 1. The Morgan fingerprint density at radius 2 is 2.12 bits per heavy atom. The molecule has 0 fully saturated rings. The van der Waals surface area contributed by atoms with Gasteiger partial charge in [-0.3, -0.25) is 4.72 Å². The predicted octanol–water partition coefficient (Wildman–Crippen LogP) is -1.96. The van der Waals surface area contributed by atoms with Crippen LogP contribution in [0.4, 0.5) is 0 Å². The van der Waals surface area contributed by atoms with Crippen LogP contribution in [0.15, 0.2) is 4.99 Å². The van der Waals surface area contributed by atoms with Crippen molar-refractivity contribution < 1.29 is 18.3 Å². The molecule has 16 heavy (non-hydrogen) atoms. The van der Waals surface area contributed by atoms with E-state index in [1.54, 1.807) is 0 Å². The minimum atomic E-state index is -3.54. The molecule has 9 heteroatoms. The zero-order chi connectivity index (χ0) is 12.8. The quantitative estimate of drug-likeness (QED) is 0.319. The van der Waals surface area contributed by atoms with Gasteiger partial charge in [-0.15, -0.1) is 0 Å². The Hall–Kier alpha value is -1.35. The van der Waals surface area contributed by atoms with Gasteiger partial charge in [-0.05, 0) is 19.4 Å².